The van der Waals surface area contributed by atoms with Gasteiger partial charge >= 0.3 is 5.97 Å². The molecule has 3 rings (SSSR count). The number of rotatable bonds is 4. The number of nitrogens with zero attached hydrogens (tertiary/aromatic N) is 2. The Labute approximate surface area is 148 Å². The second-order valence-corrected chi connectivity index (χ2v) is 6.67. The minimum Gasteiger partial charge on any atom is -0.481 e. The Bertz CT molecular complexity index is 813. The number of benzene rings is 1. The molecule has 0 unspecified atom stereocenters. The maximum atomic E-state index is 12.3. The molecule has 126 valence electrons. The molecule has 8 heteroatoms. The maximum Gasteiger partial charge on any atom is 0.306 e. The minimum atomic E-state index is -0.819. The largest absolute Gasteiger partial charge is 0.481 e. The molecule has 24 heavy (non-hydrogen) atoms. The smallest absolute Gasteiger partial charge is 0.306 e. The summed E-state index contributed by atoms with van der Waals surface area (Å²) in [4.78, 5) is 23.1. The molecule has 2 N–H and O–H groups in total. The number of amides is 1. The first-order valence-electron chi connectivity index (χ1n) is 7.41. The number of carbonyl (C=O) groups is 2. The van der Waals surface area contributed by atoms with Crippen molar-refractivity contribution in [2.24, 2.45) is 5.92 Å². The summed E-state index contributed by atoms with van der Waals surface area (Å²) in [6.45, 7) is 1.83. The number of hydrogen-bond donors (Lipinski definition) is 2. The molecule has 1 fully saturated rings. The lowest BCUT2D eigenvalue weighted by Gasteiger charge is -2.32. The van der Waals surface area contributed by atoms with Crippen LogP contribution in [-0.4, -0.2) is 32.8 Å². The highest BCUT2D eigenvalue weighted by Crippen LogP contribution is 2.28. The van der Waals surface area contributed by atoms with E-state index >= 15 is 0 Å². The van der Waals surface area contributed by atoms with Gasteiger partial charge in [-0.05, 0) is 44.0 Å². The number of halogens is 2. The molecule has 0 aliphatic heterocycles. The Kier molecular flexibility index (Phi) is 4.51. The summed E-state index contributed by atoms with van der Waals surface area (Å²) in [5, 5.41) is 16.8. The maximum absolute atomic E-state index is 12.3. The van der Waals surface area contributed by atoms with Crippen LogP contribution in [0, 0.1) is 12.8 Å². The fourth-order valence-electron chi connectivity index (χ4n) is 2.66. The predicted octanol–water partition coefficient (Wildman–Crippen LogP) is 3.08. The van der Waals surface area contributed by atoms with Crippen LogP contribution in [0.5, 0.6) is 0 Å². The van der Waals surface area contributed by atoms with Crippen LogP contribution in [-0.2, 0) is 4.79 Å². The average molecular weight is 368 g/mol. The van der Waals surface area contributed by atoms with Gasteiger partial charge in [-0.3, -0.25) is 9.59 Å². The number of carboxylic acids is 1. The first kappa shape index (κ1) is 16.8. The van der Waals surface area contributed by atoms with Gasteiger partial charge in [-0.15, -0.1) is 0 Å². The van der Waals surface area contributed by atoms with Crippen LogP contribution in [0.1, 0.15) is 29.0 Å². The fraction of sp³-hybridized carbons (Fsp3) is 0.312. The summed E-state index contributed by atoms with van der Waals surface area (Å²) < 4.78 is 1.61. The van der Waals surface area contributed by atoms with Gasteiger partial charge in [-0.2, -0.15) is 5.10 Å². The second-order valence-electron chi connectivity index (χ2n) is 5.86. The number of nitrogens with one attached hydrogen (secondary N) is 1. The summed E-state index contributed by atoms with van der Waals surface area (Å²) in [5.41, 5.74) is 1.75. The van der Waals surface area contributed by atoms with Gasteiger partial charge in [0.25, 0.3) is 5.91 Å². The van der Waals surface area contributed by atoms with Crippen molar-refractivity contribution in [1.29, 1.82) is 0 Å². The van der Waals surface area contributed by atoms with Crippen LogP contribution < -0.4 is 5.32 Å². The molecule has 0 bridgehead atoms. The molecule has 2 aromatic rings. The number of aryl methyl sites for hydroxylation is 1. The van der Waals surface area contributed by atoms with Crippen molar-refractivity contribution in [3.05, 3.63) is 45.7 Å². The predicted molar refractivity (Wildman–Crippen MR) is 89.9 cm³/mol. The number of aliphatic carboxylic acids is 1. The topological polar surface area (TPSA) is 84.2 Å². The molecule has 6 nitrogen and oxygen atoms in total. The van der Waals surface area contributed by atoms with E-state index in [2.05, 4.69) is 10.4 Å². The van der Waals surface area contributed by atoms with Crippen LogP contribution in [0.4, 0.5) is 0 Å². The van der Waals surface area contributed by atoms with Crippen molar-refractivity contribution in [3.8, 4) is 5.69 Å². The normalized spacial score (nSPS) is 19.6. The Hall–Kier alpha value is -2.05. The van der Waals surface area contributed by atoms with Crippen LogP contribution in [0.2, 0.25) is 10.0 Å². The lowest BCUT2D eigenvalue weighted by molar-refractivity contribution is -0.145. The van der Waals surface area contributed by atoms with Crippen LogP contribution in [0.3, 0.4) is 0 Å². The molecule has 1 aliphatic rings. The van der Waals surface area contributed by atoms with Gasteiger partial charge in [0.2, 0.25) is 0 Å². The average Bonchev–Trinajstić information content (AvgIpc) is 2.87. The van der Waals surface area contributed by atoms with Gasteiger partial charge in [0.1, 0.15) is 0 Å². The second kappa shape index (κ2) is 6.45. The number of carbonyl (C=O) groups excluding carboxylic acids is 1. The molecule has 1 amide bonds. The van der Waals surface area contributed by atoms with E-state index in [4.69, 9.17) is 28.3 Å². The number of hydrogen-bond acceptors (Lipinski definition) is 3. The van der Waals surface area contributed by atoms with Gasteiger partial charge in [-0.25, -0.2) is 4.68 Å². The van der Waals surface area contributed by atoms with Gasteiger partial charge < -0.3 is 10.4 Å². The molecular weight excluding hydrogens is 353 g/mol. The molecule has 0 radical (unpaired) electrons. The highest BCUT2D eigenvalue weighted by molar-refractivity contribution is 6.42. The van der Waals surface area contributed by atoms with Gasteiger partial charge in [0, 0.05) is 11.7 Å². The summed E-state index contributed by atoms with van der Waals surface area (Å²) >= 11 is 11.9. The Morgan fingerprint density at radius 1 is 1.25 bits per heavy atom. The Balaban J connectivity index is 1.73. The number of carboxylic acid groups (broad SMARTS) is 1. The molecule has 0 saturated heterocycles. The van der Waals surface area contributed by atoms with E-state index in [-0.39, 0.29) is 23.6 Å². The van der Waals surface area contributed by atoms with E-state index < -0.39 is 5.97 Å². The van der Waals surface area contributed by atoms with Gasteiger partial charge in [0.05, 0.1) is 21.7 Å². The van der Waals surface area contributed by atoms with Gasteiger partial charge in [-0.1, -0.05) is 23.2 Å². The van der Waals surface area contributed by atoms with E-state index in [9.17, 15) is 9.59 Å². The van der Waals surface area contributed by atoms with E-state index in [0.29, 0.717) is 28.6 Å². The van der Waals surface area contributed by atoms with Crippen LogP contribution in [0.25, 0.3) is 5.69 Å². The van der Waals surface area contributed by atoms with E-state index in [0.717, 1.165) is 5.69 Å². The zero-order chi connectivity index (χ0) is 17.4. The summed E-state index contributed by atoms with van der Waals surface area (Å²) in [5.74, 6) is -1.50. The standard InChI is InChI=1S/C16H15Cl2N3O3/c1-8-4-14(15(22)19-10-5-9(6-10)16(23)24)20-21(8)11-2-3-12(17)13(18)7-11/h2-4,7,9-10H,5-6H2,1H3,(H,19,22)(H,23,24). The summed E-state index contributed by atoms with van der Waals surface area (Å²) in [6, 6.07) is 6.66. The molecule has 1 heterocycles. The lowest BCUT2D eigenvalue weighted by atomic mass is 9.80. The monoisotopic (exact) mass is 367 g/mol. The van der Waals surface area contributed by atoms with Crippen molar-refractivity contribution in [2.45, 2.75) is 25.8 Å². The van der Waals surface area contributed by atoms with E-state index in [1.807, 2.05) is 6.92 Å². The van der Waals surface area contributed by atoms with Crippen LogP contribution in [0.15, 0.2) is 24.3 Å². The molecule has 1 aliphatic carbocycles. The first-order chi connectivity index (χ1) is 11.3. The quantitative estimate of drug-likeness (QED) is 0.869. The molecule has 1 aromatic carbocycles. The molecule has 0 atom stereocenters. The third kappa shape index (κ3) is 3.25. The lowest BCUT2D eigenvalue weighted by Crippen LogP contribution is -2.46. The molecule has 1 saturated carbocycles. The fourth-order valence-corrected chi connectivity index (χ4v) is 2.95. The number of aromatic nitrogens is 2. The summed E-state index contributed by atoms with van der Waals surface area (Å²) in [7, 11) is 0. The highest BCUT2D eigenvalue weighted by Gasteiger charge is 2.35. The van der Waals surface area contributed by atoms with Crippen molar-refractivity contribution < 1.29 is 14.7 Å². The SMILES string of the molecule is Cc1cc(C(=O)NC2CC(C(=O)O)C2)nn1-c1ccc(Cl)c(Cl)c1. The molecule has 0 spiro atoms. The van der Waals surface area contributed by atoms with Crippen molar-refractivity contribution in [1.82, 2.24) is 15.1 Å². The van der Waals surface area contributed by atoms with Crippen molar-refractivity contribution >= 4 is 35.1 Å². The molecule has 1 aromatic heterocycles. The van der Waals surface area contributed by atoms with E-state index in [1.54, 1.807) is 28.9 Å². The first-order valence-corrected chi connectivity index (χ1v) is 8.16. The van der Waals surface area contributed by atoms with Crippen molar-refractivity contribution in [2.75, 3.05) is 0 Å². The summed E-state index contributed by atoms with van der Waals surface area (Å²) in [6.07, 6.45) is 0.904. The Morgan fingerprint density at radius 3 is 2.58 bits per heavy atom. The van der Waals surface area contributed by atoms with Gasteiger partial charge in [0.15, 0.2) is 5.69 Å². The zero-order valence-electron chi connectivity index (χ0n) is 12.8. The van der Waals surface area contributed by atoms with E-state index in [1.165, 1.54) is 0 Å². The highest BCUT2D eigenvalue weighted by atomic mass is 35.5. The third-order valence-corrected chi connectivity index (χ3v) is 4.83. The Morgan fingerprint density at radius 2 is 1.96 bits per heavy atom. The molecular formula is C16H15Cl2N3O3. The van der Waals surface area contributed by atoms with Crippen LogP contribution >= 0.6 is 23.2 Å². The third-order valence-electron chi connectivity index (χ3n) is 4.09. The minimum absolute atomic E-state index is 0.117. The zero-order valence-corrected chi connectivity index (χ0v) is 14.3. The van der Waals surface area contributed by atoms with Crippen molar-refractivity contribution in [3.63, 3.8) is 0 Å².